The Labute approximate surface area is 113 Å². The Morgan fingerprint density at radius 2 is 2.16 bits per heavy atom. The van der Waals surface area contributed by atoms with Crippen LogP contribution in [0.25, 0.3) is 0 Å². The van der Waals surface area contributed by atoms with Crippen LogP contribution in [0.4, 0.5) is 5.95 Å². The minimum Gasteiger partial charge on any atom is -0.480 e. The fourth-order valence-electron chi connectivity index (χ4n) is 1.65. The van der Waals surface area contributed by atoms with Gasteiger partial charge in [0.2, 0.25) is 11.8 Å². The predicted octanol–water partition coefficient (Wildman–Crippen LogP) is 1.87. The highest BCUT2D eigenvalue weighted by Crippen LogP contribution is 2.16. The third-order valence-electron chi connectivity index (χ3n) is 2.28. The SMILES string of the molecule is CCCN(CC(=O)O)c1nc(C)cc(OC(C)C)n1. The molecule has 0 saturated heterocycles. The van der Waals surface area contributed by atoms with Gasteiger partial charge in [-0.3, -0.25) is 4.79 Å². The van der Waals surface area contributed by atoms with E-state index < -0.39 is 5.97 Å². The average Bonchev–Trinajstić information content (AvgIpc) is 2.26. The molecule has 6 heteroatoms. The molecule has 0 fully saturated rings. The van der Waals surface area contributed by atoms with Crippen LogP contribution in [0.15, 0.2) is 6.07 Å². The summed E-state index contributed by atoms with van der Waals surface area (Å²) in [4.78, 5) is 21.1. The highest BCUT2D eigenvalue weighted by atomic mass is 16.5. The zero-order valence-electron chi connectivity index (χ0n) is 11.9. The Kier molecular flexibility index (Phi) is 5.54. The zero-order chi connectivity index (χ0) is 14.4. The monoisotopic (exact) mass is 267 g/mol. The molecule has 1 heterocycles. The lowest BCUT2D eigenvalue weighted by molar-refractivity contribution is -0.135. The highest BCUT2D eigenvalue weighted by Gasteiger charge is 2.14. The van der Waals surface area contributed by atoms with Crippen LogP contribution in [-0.4, -0.2) is 40.2 Å². The van der Waals surface area contributed by atoms with E-state index in [9.17, 15) is 4.79 Å². The summed E-state index contributed by atoms with van der Waals surface area (Å²) >= 11 is 0. The van der Waals surface area contributed by atoms with Gasteiger partial charge in [0.25, 0.3) is 0 Å². The second-order valence-electron chi connectivity index (χ2n) is 4.63. The van der Waals surface area contributed by atoms with Crippen LogP contribution in [0.1, 0.15) is 32.9 Å². The standard InChI is InChI=1S/C13H21N3O3/c1-5-6-16(8-12(17)18)13-14-10(4)7-11(15-13)19-9(2)3/h7,9H,5-6,8H2,1-4H3,(H,17,18). The van der Waals surface area contributed by atoms with Crippen molar-refractivity contribution in [1.82, 2.24) is 9.97 Å². The fourth-order valence-corrected chi connectivity index (χ4v) is 1.65. The topological polar surface area (TPSA) is 75.6 Å². The van der Waals surface area contributed by atoms with Crippen molar-refractivity contribution in [3.05, 3.63) is 11.8 Å². The number of ether oxygens (including phenoxy) is 1. The normalized spacial score (nSPS) is 10.6. The first-order valence-corrected chi connectivity index (χ1v) is 6.41. The van der Waals surface area contributed by atoms with E-state index in [4.69, 9.17) is 9.84 Å². The summed E-state index contributed by atoms with van der Waals surface area (Å²) in [6.45, 7) is 8.13. The van der Waals surface area contributed by atoms with Gasteiger partial charge in [-0.25, -0.2) is 4.98 Å². The summed E-state index contributed by atoms with van der Waals surface area (Å²) in [6.07, 6.45) is 0.839. The van der Waals surface area contributed by atoms with Gasteiger partial charge in [-0.2, -0.15) is 4.98 Å². The number of rotatable bonds is 7. The second kappa shape index (κ2) is 6.92. The summed E-state index contributed by atoms with van der Waals surface area (Å²) in [5, 5.41) is 8.93. The van der Waals surface area contributed by atoms with Gasteiger partial charge in [0.15, 0.2) is 0 Å². The summed E-state index contributed by atoms with van der Waals surface area (Å²) in [5.74, 6) is -0.0197. The minimum atomic E-state index is -0.898. The van der Waals surface area contributed by atoms with E-state index in [1.54, 1.807) is 11.0 Å². The van der Waals surface area contributed by atoms with Crippen molar-refractivity contribution in [2.24, 2.45) is 0 Å². The Bertz CT molecular complexity index is 435. The molecule has 106 valence electrons. The molecule has 1 aromatic heterocycles. The van der Waals surface area contributed by atoms with E-state index in [1.165, 1.54) is 0 Å². The van der Waals surface area contributed by atoms with Gasteiger partial charge in [0, 0.05) is 18.3 Å². The third-order valence-corrected chi connectivity index (χ3v) is 2.28. The number of hydrogen-bond acceptors (Lipinski definition) is 5. The van der Waals surface area contributed by atoms with Gasteiger partial charge in [0.1, 0.15) is 6.54 Å². The molecular formula is C13H21N3O3. The number of carbonyl (C=O) groups is 1. The molecule has 1 rings (SSSR count). The molecular weight excluding hydrogens is 246 g/mol. The van der Waals surface area contributed by atoms with E-state index in [0.717, 1.165) is 12.1 Å². The summed E-state index contributed by atoms with van der Waals surface area (Å²) in [6, 6.07) is 1.74. The van der Waals surface area contributed by atoms with Crippen LogP contribution in [0.5, 0.6) is 5.88 Å². The molecule has 1 N–H and O–H groups in total. The van der Waals surface area contributed by atoms with E-state index in [1.807, 2.05) is 27.7 Å². The Morgan fingerprint density at radius 1 is 1.47 bits per heavy atom. The largest absolute Gasteiger partial charge is 0.480 e. The molecule has 19 heavy (non-hydrogen) atoms. The first-order chi connectivity index (χ1) is 8.92. The van der Waals surface area contributed by atoms with E-state index in [2.05, 4.69) is 9.97 Å². The predicted molar refractivity (Wildman–Crippen MR) is 72.7 cm³/mol. The number of hydrogen-bond donors (Lipinski definition) is 1. The smallest absolute Gasteiger partial charge is 0.323 e. The van der Waals surface area contributed by atoms with Crippen molar-refractivity contribution < 1.29 is 14.6 Å². The van der Waals surface area contributed by atoms with Crippen LogP contribution in [-0.2, 0) is 4.79 Å². The Hall–Kier alpha value is -1.85. The molecule has 0 aliphatic heterocycles. The molecule has 0 atom stereocenters. The number of aliphatic carboxylic acids is 1. The van der Waals surface area contributed by atoms with Crippen molar-refractivity contribution in [2.45, 2.75) is 40.2 Å². The third kappa shape index (κ3) is 5.11. The van der Waals surface area contributed by atoms with Crippen LogP contribution < -0.4 is 9.64 Å². The summed E-state index contributed by atoms with van der Waals surface area (Å²) in [5.41, 5.74) is 0.757. The Balaban J connectivity index is 3.00. The number of carboxylic acids is 1. The molecule has 0 aliphatic rings. The van der Waals surface area contributed by atoms with Crippen molar-refractivity contribution in [3.63, 3.8) is 0 Å². The molecule has 0 radical (unpaired) electrons. The van der Waals surface area contributed by atoms with Gasteiger partial charge in [-0.1, -0.05) is 6.92 Å². The number of carboxylic acid groups (broad SMARTS) is 1. The highest BCUT2D eigenvalue weighted by molar-refractivity contribution is 5.72. The lowest BCUT2D eigenvalue weighted by Crippen LogP contribution is -2.32. The summed E-state index contributed by atoms with van der Waals surface area (Å²) in [7, 11) is 0. The van der Waals surface area contributed by atoms with Crippen LogP contribution in [0.3, 0.4) is 0 Å². The second-order valence-corrected chi connectivity index (χ2v) is 4.63. The van der Waals surface area contributed by atoms with Crippen LogP contribution >= 0.6 is 0 Å². The number of anilines is 1. The van der Waals surface area contributed by atoms with Crippen molar-refractivity contribution in [2.75, 3.05) is 18.0 Å². The molecule has 0 spiro atoms. The Morgan fingerprint density at radius 3 is 2.68 bits per heavy atom. The molecule has 6 nitrogen and oxygen atoms in total. The molecule has 0 saturated carbocycles. The quantitative estimate of drug-likeness (QED) is 0.813. The zero-order valence-corrected chi connectivity index (χ0v) is 11.9. The van der Waals surface area contributed by atoms with Crippen LogP contribution in [0, 0.1) is 6.92 Å². The molecule has 1 aromatic rings. The van der Waals surface area contributed by atoms with Gasteiger partial charge in [0.05, 0.1) is 6.10 Å². The number of nitrogens with zero attached hydrogens (tertiary/aromatic N) is 3. The number of aromatic nitrogens is 2. The maximum absolute atomic E-state index is 10.9. The maximum Gasteiger partial charge on any atom is 0.323 e. The van der Waals surface area contributed by atoms with Crippen LogP contribution in [0.2, 0.25) is 0 Å². The number of aryl methyl sites for hydroxylation is 1. The minimum absolute atomic E-state index is 0.0150. The van der Waals surface area contributed by atoms with E-state index in [-0.39, 0.29) is 12.6 Å². The first kappa shape index (κ1) is 15.2. The van der Waals surface area contributed by atoms with Gasteiger partial charge >= 0.3 is 5.97 Å². The van der Waals surface area contributed by atoms with Gasteiger partial charge in [-0.15, -0.1) is 0 Å². The van der Waals surface area contributed by atoms with Crippen molar-refractivity contribution in [1.29, 1.82) is 0 Å². The first-order valence-electron chi connectivity index (χ1n) is 6.41. The molecule has 0 bridgehead atoms. The molecule has 0 aromatic carbocycles. The van der Waals surface area contributed by atoms with E-state index in [0.29, 0.717) is 18.4 Å². The van der Waals surface area contributed by atoms with Crippen molar-refractivity contribution in [3.8, 4) is 5.88 Å². The van der Waals surface area contributed by atoms with Crippen molar-refractivity contribution >= 4 is 11.9 Å². The maximum atomic E-state index is 10.9. The summed E-state index contributed by atoms with van der Waals surface area (Å²) < 4.78 is 5.54. The average molecular weight is 267 g/mol. The fraction of sp³-hybridized carbons (Fsp3) is 0.615. The van der Waals surface area contributed by atoms with Gasteiger partial charge < -0.3 is 14.7 Å². The van der Waals surface area contributed by atoms with E-state index >= 15 is 0 Å². The lowest BCUT2D eigenvalue weighted by atomic mass is 10.4. The van der Waals surface area contributed by atoms with Gasteiger partial charge in [-0.05, 0) is 27.2 Å². The molecule has 0 unspecified atom stereocenters. The lowest BCUT2D eigenvalue weighted by Gasteiger charge is -2.21. The molecule has 0 amide bonds. The molecule has 0 aliphatic carbocycles.